The summed E-state index contributed by atoms with van der Waals surface area (Å²) in [6.07, 6.45) is 2.61. The maximum absolute atomic E-state index is 10.3. The van der Waals surface area contributed by atoms with Crippen LogP contribution < -0.4 is 5.32 Å². The number of aliphatic hydroxyl groups is 1. The van der Waals surface area contributed by atoms with E-state index in [1.807, 2.05) is 25.9 Å². The highest BCUT2D eigenvalue weighted by molar-refractivity contribution is 4.84. The minimum Gasteiger partial charge on any atom is -0.388 e. The summed E-state index contributed by atoms with van der Waals surface area (Å²) < 4.78 is 0. The molecule has 1 rings (SSSR count). The van der Waals surface area contributed by atoms with Crippen LogP contribution in [0.1, 0.15) is 33.6 Å². The molecule has 0 aliphatic carbocycles. The molecule has 0 aromatic rings. The van der Waals surface area contributed by atoms with Crippen molar-refractivity contribution < 1.29 is 5.11 Å². The molecule has 3 atom stereocenters. The second kappa shape index (κ2) is 7.58. The number of nitrogens with zero attached hydrogens (tertiary/aromatic N) is 2. The lowest BCUT2D eigenvalue weighted by Crippen LogP contribution is -2.51. The van der Waals surface area contributed by atoms with Crippen molar-refractivity contribution in [2.45, 2.75) is 45.3 Å². The van der Waals surface area contributed by atoms with Crippen LogP contribution in [0, 0.1) is 5.92 Å². The summed E-state index contributed by atoms with van der Waals surface area (Å²) in [7, 11) is 4.00. The summed E-state index contributed by atoms with van der Waals surface area (Å²) in [6, 6.07) is 0.475. The maximum atomic E-state index is 10.3. The Balaban J connectivity index is 2.35. The Morgan fingerprint density at radius 1 is 1.47 bits per heavy atom. The minimum absolute atomic E-state index is 0.475. The summed E-state index contributed by atoms with van der Waals surface area (Å²) in [5.74, 6) is 0.712. The van der Waals surface area contributed by atoms with Gasteiger partial charge in [0.2, 0.25) is 0 Å². The number of likely N-dealkylation sites (N-methyl/N-ethyl adjacent to an activating group) is 1. The van der Waals surface area contributed by atoms with Crippen LogP contribution in [0.5, 0.6) is 0 Å². The average Bonchev–Trinajstić information content (AvgIpc) is 2.34. The zero-order valence-electron chi connectivity index (χ0n) is 13.4. The van der Waals surface area contributed by atoms with E-state index in [2.05, 4.69) is 24.1 Å². The molecule has 1 aliphatic rings. The van der Waals surface area contributed by atoms with Crippen molar-refractivity contribution in [2.75, 3.05) is 46.8 Å². The van der Waals surface area contributed by atoms with Crippen molar-refractivity contribution in [3.05, 3.63) is 0 Å². The second-order valence-electron chi connectivity index (χ2n) is 6.70. The number of likely N-dealkylation sites (tertiary alicyclic amines) is 1. The van der Waals surface area contributed by atoms with Gasteiger partial charge in [0.05, 0.1) is 5.60 Å². The van der Waals surface area contributed by atoms with Crippen LogP contribution in [-0.2, 0) is 0 Å². The van der Waals surface area contributed by atoms with E-state index in [-0.39, 0.29) is 0 Å². The van der Waals surface area contributed by atoms with Gasteiger partial charge < -0.3 is 20.2 Å². The Hall–Kier alpha value is -0.160. The molecule has 4 nitrogen and oxygen atoms in total. The normalized spacial score (nSPS) is 26.4. The van der Waals surface area contributed by atoms with E-state index in [4.69, 9.17) is 0 Å². The number of rotatable bonds is 7. The van der Waals surface area contributed by atoms with Gasteiger partial charge in [-0.3, -0.25) is 0 Å². The molecule has 0 aromatic carbocycles. The van der Waals surface area contributed by atoms with Gasteiger partial charge in [-0.15, -0.1) is 0 Å². The molecule has 4 heteroatoms. The molecular formula is C15H33N3O. The van der Waals surface area contributed by atoms with Crippen LogP contribution in [0.15, 0.2) is 0 Å². The molecule has 114 valence electrons. The number of hydrogen-bond donors (Lipinski definition) is 2. The first-order valence-corrected chi connectivity index (χ1v) is 7.67. The summed E-state index contributed by atoms with van der Waals surface area (Å²) in [6.45, 7) is 11.4. The van der Waals surface area contributed by atoms with Gasteiger partial charge in [-0.05, 0) is 59.8 Å². The van der Waals surface area contributed by atoms with E-state index < -0.39 is 5.60 Å². The summed E-state index contributed by atoms with van der Waals surface area (Å²) in [4.78, 5) is 4.57. The van der Waals surface area contributed by atoms with Gasteiger partial charge in [-0.1, -0.05) is 6.92 Å². The standard InChI is InChI=1S/C15H33N3O/c1-6-18-9-7-8-14(10-18)13(2)16-11-15(3,19)12-17(4)5/h13-14,16,19H,6-12H2,1-5H3. The summed E-state index contributed by atoms with van der Waals surface area (Å²) >= 11 is 0. The summed E-state index contributed by atoms with van der Waals surface area (Å²) in [5.41, 5.74) is -0.656. The largest absolute Gasteiger partial charge is 0.388 e. The fraction of sp³-hybridized carbons (Fsp3) is 1.00. The van der Waals surface area contributed by atoms with Crippen molar-refractivity contribution in [2.24, 2.45) is 5.92 Å². The van der Waals surface area contributed by atoms with E-state index >= 15 is 0 Å². The molecule has 0 amide bonds. The van der Waals surface area contributed by atoms with Gasteiger partial charge in [0.25, 0.3) is 0 Å². The van der Waals surface area contributed by atoms with Gasteiger partial charge >= 0.3 is 0 Å². The second-order valence-corrected chi connectivity index (χ2v) is 6.70. The molecule has 1 fully saturated rings. The molecule has 0 aromatic heterocycles. The van der Waals surface area contributed by atoms with Crippen molar-refractivity contribution in [3.63, 3.8) is 0 Å². The quantitative estimate of drug-likeness (QED) is 0.725. The zero-order valence-corrected chi connectivity index (χ0v) is 13.4. The van der Waals surface area contributed by atoms with Gasteiger partial charge in [0, 0.05) is 25.7 Å². The highest BCUT2D eigenvalue weighted by atomic mass is 16.3. The van der Waals surface area contributed by atoms with E-state index in [1.165, 1.54) is 25.9 Å². The third kappa shape index (κ3) is 6.21. The fourth-order valence-corrected chi connectivity index (χ4v) is 3.07. The third-order valence-electron chi connectivity index (χ3n) is 4.16. The van der Waals surface area contributed by atoms with Crippen LogP contribution in [0.4, 0.5) is 0 Å². The van der Waals surface area contributed by atoms with Crippen LogP contribution in [-0.4, -0.2) is 73.4 Å². The molecule has 2 N–H and O–H groups in total. The Morgan fingerprint density at radius 2 is 2.16 bits per heavy atom. The van der Waals surface area contributed by atoms with Crippen LogP contribution in [0.25, 0.3) is 0 Å². The van der Waals surface area contributed by atoms with Crippen molar-refractivity contribution in [1.82, 2.24) is 15.1 Å². The molecule has 0 spiro atoms. The molecule has 0 saturated carbocycles. The molecule has 1 aliphatic heterocycles. The Morgan fingerprint density at radius 3 is 2.74 bits per heavy atom. The first-order chi connectivity index (χ1) is 8.84. The zero-order chi connectivity index (χ0) is 14.5. The monoisotopic (exact) mass is 271 g/mol. The number of hydrogen-bond acceptors (Lipinski definition) is 4. The van der Waals surface area contributed by atoms with Crippen LogP contribution in [0.2, 0.25) is 0 Å². The molecule has 19 heavy (non-hydrogen) atoms. The average molecular weight is 271 g/mol. The predicted molar refractivity (Wildman–Crippen MR) is 81.5 cm³/mol. The van der Waals surface area contributed by atoms with Crippen molar-refractivity contribution >= 4 is 0 Å². The fourth-order valence-electron chi connectivity index (χ4n) is 3.07. The van der Waals surface area contributed by atoms with Crippen molar-refractivity contribution in [1.29, 1.82) is 0 Å². The Bertz CT molecular complexity index is 256. The maximum Gasteiger partial charge on any atom is 0.0869 e. The number of piperidine rings is 1. The third-order valence-corrected chi connectivity index (χ3v) is 4.16. The first kappa shape index (κ1) is 16.9. The van der Waals surface area contributed by atoms with Crippen LogP contribution >= 0.6 is 0 Å². The number of nitrogens with one attached hydrogen (secondary N) is 1. The topological polar surface area (TPSA) is 38.7 Å². The van der Waals surface area contributed by atoms with Gasteiger partial charge in [0.15, 0.2) is 0 Å². The van der Waals surface area contributed by atoms with E-state index in [9.17, 15) is 5.11 Å². The molecule has 1 saturated heterocycles. The van der Waals surface area contributed by atoms with E-state index in [0.717, 1.165) is 6.54 Å². The molecule has 0 radical (unpaired) electrons. The highest BCUT2D eigenvalue weighted by Gasteiger charge is 2.26. The molecule has 3 unspecified atom stereocenters. The summed E-state index contributed by atoms with van der Waals surface area (Å²) in [5, 5.41) is 13.9. The SMILES string of the molecule is CCN1CCCC(C(C)NCC(C)(O)CN(C)C)C1. The smallest absolute Gasteiger partial charge is 0.0869 e. The van der Waals surface area contributed by atoms with E-state index in [0.29, 0.717) is 25.0 Å². The first-order valence-electron chi connectivity index (χ1n) is 7.67. The van der Waals surface area contributed by atoms with E-state index in [1.54, 1.807) is 0 Å². The molecule has 1 heterocycles. The minimum atomic E-state index is -0.656. The highest BCUT2D eigenvalue weighted by Crippen LogP contribution is 2.19. The predicted octanol–water partition coefficient (Wildman–Crippen LogP) is 1.01. The lowest BCUT2D eigenvalue weighted by molar-refractivity contribution is 0.0280. The lowest BCUT2D eigenvalue weighted by atomic mass is 9.91. The molecule has 0 bridgehead atoms. The van der Waals surface area contributed by atoms with Crippen LogP contribution in [0.3, 0.4) is 0 Å². The Kier molecular flexibility index (Phi) is 6.74. The van der Waals surface area contributed by atoms with Gasteiger partial charge in [0.1, 0.15) is 0 Å². The van der Waals surface area contributed by atoms with Gasteiger partial charge in [-0.25, -0.2) is 0 Å². The van der Waals surface area contributed by atoms with Crippen molar-refractivity contribution in [3.8, 4) is 0 Å². The molecular weight excluding hydrogens is 238 g/mol. The lowest BCUT2D eigenvalue weighted by Gasteiger charge is -2.37. The van der Waals surface area contributed by atoms with Gasteiger partial charge in [-0.2, -0.15) is 0 Å². The Labute approximate surface area is 119 Å².